The number of hydrogen-bond donors (Lipinski definition) is 7. The number of H-pyrrole nitrogens is 1. The number of amides is 3. The molecule has 0 bridgehead atoms. The van der Waals surface area contributed by atoms with Gasteiger partial charge in [-0.05, 0) is 49.4 Å². The first-order valence-electron chi connectivity index (χ1n) is 13.2. The Hall–Kier alpha value is -5.41. The van der Waals surface area contributed by atoms with Crippen LogP contribution in [0.2, 0.25) is 0 Å². The van der Waals surface area contributed by atoms with Gasteiger partial charge in [0.05, 0.1) is 25.0 Å². The van der Waals surface area contributed by atoms with Gasteiger partial charge in [-0.2, -0.15) is 10.1 Å². The van der Waals surface area contributed by atoms with Gasteiger partial charge in [0, 0.05) is 23.9 Å². The molecule has 2 heterocycles. The highest BCUT2D eigenvalue weighted by Gasteiger charge is 2.22. The summed E-state index contributed by atoms with van der Waals surface area (Å²) in [4.78, 5) is 74.8. The molecule has 3 amide bonds. The molecule has 3 aromatic rings. The Morgan fingerprint density at radius 2 is 1.90 bits per heavy atom. The molecule has 1 atom stereocenters. The first-order chi connectivity index (χ1) is 20.2. The second-order valence-corrected chi connectivity index (χ2v) is 9.60. The first kappa shape index (κ1) is 29.6. The zero-order valence-corrected chi connectivity index (χ0v) is 22.4. The highest BCUT2D eigenvalue weighted by atomic mass is 16.4. The van der Waals surface area contributed by atoms with Gasteiger partial charge in [0.2, 0.25) is 11.9 Å². The molecular formula is C26H30N10O6. The first-order valence-corrected chi connectivity index (χ1v) is 13.2. The third-order valence-corrected chi connectivity index (χ3v) is 6.44. The van der Waals surface area contributed by atoms with Crippen molar-refractivity contribution in [2.45, 2.75) is 44.7 Å². The number of aliphatic carboxylic acids is 1. The van der Waals surface area contributed by atoms with Crippen LogP contribution in [0.25, 0.3) is 11.2 Å². The molecule has 4 rings (SSSR count). The minimum Gasteiger partial charge on any atom is -0.480 e. The van der Waals surface area contributed by atoms with E-state index in [4.69, 9.17) is 5.73 Å². The highest BCUT2D eigenvalue weighted by Crippen LogP contribution is 2.23. The summed E-state index contributed by atoms with van der Waals surface area (Å²) in [5, 5.41) is 21.2. The smallest absolute Gasteiger partial charge is 0.326 e. The number of hydrazone groups is 1. The Kier molecular flexibility index (Phi) is 9.70. The van der Waals surface area contributed by atoms with Crippen molar-refractivity contribution in [1.82, 2.24) is 36.0 Å². The monoisotopic (exact) mass is 578 g/mol. The molecule has 1 fully saturated rings. The maximum absolute atomic E-state index is 12.6. The van der Waals surface area contributed by atoms with E-state index in [9.17, 15) is 29.1 Å². The van der Waals surface area contributed by atoms with Crippen molar-refractivity contribution in [1.29, 1.82) is 0 Å². The number of nitrogens with two attached hydrogens (primary N) is 1. The van der Waals surface area contributed by atoms with E-state index in [1.807, 2.05) is 0 Å². The van der Waals surface area contributed by atoms with Crippen LogP contribution in [0, 0.1) is 5.92 Å². The lowest BCUT2D eigenvalue weighted by molar-refractivity contribution is -0.139. The number of hydrogen-bond acceptors (Lipinski definition) is 11. The Morgan fingerprint density at radius 3 is 2.60 bits per heavy atom. The number of fused-ring (bicyclic) bond motifs is 1. The van der Waals surface area contributed by atoms with E-state index >= 15 is 0 Å². The van der Waals surface area contributed by atoms with Crippen LogP contribution in [0.5, 0.6) is 0 Å². The molecule has 1 unspecified atom stereocenters. The molecular weight excluding hydrogens is 548 g/mol. The normalized spacial score (nSPS) is 13.7. The van der Waals surface area contributed by atoms with Crippen molar-refractivity contribution < 1.29 is 24.3 Å². The summed E-state index contributed by atoms with van der Waals surface area (Å²) in [6.45, 7) is -0.0832. The van der Waals surface area contributed by atoms with Crippen LogP contribution in [0.3, 0.4) is 0 Å². The number of carboxylic acids is 1. The molecule has 16 heteroatoms. The SMILES string of the molecule is Nc1nc2ncc(CNc3ccc(C(=O)NC(CCC(=O)NCC(=O)N/N=C/C4CCC4)C(=O)O)cc3)nc2c(=O)[nH]1. The van der Waals surface area contributed by atoms with E-state index in [1.165, 1.54) is 18.3 Å². The maximum atomic E-state index is 12.6. The van der Waals surface area contributed by atoms with Gasteiger partial charge < -0.3 is 26.8 Å². The van der Waals surface area contributed by atoms with Crippen LogP contribution >= 0.6 is 0 Å². The fraction of sp³-hybridized carbons (Fsp3) is 0.346. The fourth-order valence-corrected chi connectivity index (χ4v) is 3.87. The van der Waals surface area contributed by atoms with Gasteiger partial charge in [0.25, 0.3) is 17.4 Å². The molecule has 2 aromatic heterocycles. The van der Waals surface area contributed by atoms with E-state index in [0.29, 0.717) is 17.3 Å². The molecule has 0 saturated heterocycles. The van der Waals surface area contributed by atoms with E-state index in [0.717, 1.165) is 19.3 Å². The summed E-state index contributed by atoms with van der Waals surface area (Å²) in [6.07, 6.45) is 5.97. The minimum atomic E-state index is -1.32. The summed E-state index contributed by atoms with van der Waals surface area (Å²) in [5.74, 6) is -2.65. The number of carbonyl (C=O) groups excluding carboxylic acids is 3. The molecule has 1 saturated carbocycles. The second-order valence-electron chi connectivity index (χ2n) is 9.60. The van der Waals surface area contributed by atoms with Crippen molar-refractivity contribution in [3.63, 3.8) is 0 Å². The summed E-state index contributed by atoms with van der Waals surface area (Å²) in [6, 6.07) is 4.91. The molecule has 0 radical (unpaired) electrons. The van der Waals surface area contributed by atoms with E-state index < -0.39 is 35.3 Å². The molecule has 1 aliphatic rings. The van der Waals surface area contributed by atoms with Crippen molar-refractivity contribution in [2.24, 2.45) is 11.0 Å². The number of anilines is 2. The number of carbonyl (C=O) groups is 4. The number of benzene rings is 1. The van der Waals surface area contributed by atoms with Gasteiger partial charge in [0.1, 0.15) is 6.04 Å². The number of nitrogen functional groups attached to an aromatic ring is 1. The van der Waals surface area contributed by atoms with Crippen molar-refractivity contribution >= 4 is 52.7 Å². The lowest BCUT2D eigenvalue weighted by Gasteiger charge is -2.20. The zero-order valence-electron chi connectivity index (χ0n) is 22.4. The lowest BCUT2D eigenvalue weighted by atomic mass is 9.87. The molecule has 1 aromatic carbocycles. The van der Waals surface area contributed by atoms with Crippen LogP contribution in [0.1, 0.15) is 48.2 Å². The van der Waals surface area contributed by atoms with Crippen molar-refractivity contribution in [2.75, 3.05) is 17.6 Å². The third kappa shape index (κ3) is 8.30. The minimum absolute atomic E-state index is 0.0515. The number of nitrogens with one attached hydrogen (secondary N) is 5. The van der Waals surface area contributed by atoms with E-state index in [2.05, 4.69) is 46.4 Å². The Morgan fingerprint density at radius 1 is 1.14 bits per heavy atom. The van der Waals surface area contributed by atoms with Crippen molar-refractivity contribution in [3.05, 3.63) is 52.1 Å². The third-order valence-electron chi connectivity index (χ3n) is 6.44. The Balaban J connectivity index is 1.22. The van der Waals surface area contributed by atoms with Gasteiger partial charge >= 0.3 is 5.97 Å². The molecule has 16 nitrogen and oxygen atoms in total. The standard InChI is InChI=1S/C26H30N10O6/c27-26-34-22-21(24(40)35-26)32-17(12-30-22)11-28-16-6-4-15(5-7-16)23(39)33-18(25(41)42)8-9-19(37)29-13-20(38)36-31-10-14-2-1-3-14/h4-7,10,12,14,18,28H,1-3,8-9,11,13H2,(H,29,37)(H,33,39)(H,36,38)(H,41,42)(H3,27,30,34,35,40)/b31-10+. The van der Waals surface area contributed by atoms with Crippen LogP contribution < -0.4 is 32.7 Å². The largest absolute Gasteiger partial charge is 0.480 e. The second kappa shape index (κ2) is 13.8. The number of nitrogens with zero attached hydrogens (tertiary/aromatic N) is 4. The fourth-order valence-electron chi connectivity index (χ4n) is 3.87. The number of rotatable bonds is 13. The van der Waals surface area contributed by atoms with E-state index in [-0.39, 0.29) is 48.6 Å². The molecule has 220 valence electrons. The van der Waals surface area contributed by atoms with Crippen LogP contribution in [0.4, 0.5) is 11.6 Å². The molecule has 0 spiro atoms. The number of aromatic nitrogens is 4. The van der Waals surface area contributed by atoms with E-state index in [1.54, 1.807) is 18.3 Å². The molecule has 42 heavy (non-hydrogen) atoms. The topological polar surface area (TPSA) is 247 Å². The van der Waals surface area contributed by atoms with Crippen LogP contribution in [0.15, 0.2) is 40.4 Å². The summed E-state index contributed by atoms with van der Waals surface area (Å²) >= 11 is 0. The average Bonchev–Trinajstić information content (AvgIpc) is 2.94. The maximum Gasteiger partial charge on any atom is 0.326 e. The van der Waals surface area contributed by atoms with Gasteiger partial charge in [0.15, 0.2) is 11.2 Å². The number of aromatic amines is 1. The lowest BCUT2D eigenvalue weighted by Crippen LogP contribution is -2.42. The summed E-state index contributed by atoms with van der Waals surface area (Å²) in [5.41, 5.74) is 8.81. The van der Waals surface area contributed by atoms with Crippen LogP contribution in [-0.2, 0) is 20.9 Å². The Bertz CT molecular complexity index is 1550. The summed E-state index contributed by atoms with van der Waals surface area (Å²) in [7, 11) is 0. The van der Waals surface area contributed by atoms with Gasteiger partial charge in [-0.3, -0.25) is 24.2 Å². The van der Waals surface area contributed by atoms with Gasteiger partial charge in [-0.15, -0.1) is 0 Å². The predicted molar refractivity (Wildman–Crippen MR) is 151 cm³/mol. The van der Waals surface area contributed by atoms with Gasteiger partial charge in [-0.1, -0.05) is 6.42 Å². The van der Waals surface area contributed by atoms with Crippen molar-refractivity contribution in [3.8, 4) is 0 Å². The van der Waals surface area contributed by atoms with Crippen LogP contribution in [-0.4, -0.2) is 67.5 Å². The molecule has 1 aliphatic carbocycles. The highest BCUT2D eigenvalue weighted by molar-refractivity contribution is 5.97. The quantitative estimate of drug-likeness (QED) is 0.104. The predicted octanol–water partition coefficient (Wildman–Crippen LogP) is -0.111. The molecule has 0 aliphatic heterocycles. The summed E-state index contributed by atoms with van der Waals surface area (Å²) < 4.78 is 0. The molecule has 8 N–H and O–H groups in total. The Labute approximate surface area is 238 Å². The van der Waals surface area contributed by atoms with Gasteiger partial charge in [-0.25, -0.2) is 20.2 Å². The zero-order chi connectivity index (χ0) is 30.1. The number of carboxylic acid groups (broad SMARTS) is 1. The average molecular weight is 579 g/mol.